The van der Waals surface area contributed by atoms with Crippen molar-refractivity contribution in [3.8, 4) is 0 Å². The van der Waals surface area contributed by atoms with Gasteiger partial charge >= 0.3 is 0 Å². The normalized spacial score (nSPS) is 12.2. The molecule has 100 valence electrons. The van der Waals surface area contributed by atoms with Crippen molar-refractivity contribution in [2.75, 3.05) is 0 Å². The average Bonchev–Trinajstić information content (AvgIpc) is 2.83. The molecule has 0 saturated carbocycles. The summed E-state index contributed by atoms with van der Waals surface area (Å²) in [4.78, 5) is 16.0. The number of amides is 1. The van der Waals surface area contributed by atoms with Crippen LogP contribution in [0.25, 0.3) is 0 Å². The third-order valence-corrected chi connectivity index (χ3v) is 3.30. The van der Waals surface area contributed by atoms with Crippen molar-refractivity contribution in [3.63, 3.8) is 0 Å². The van der Waals surface area contributed by atoms with Crippen LogP contribution in [0.5, 0.6) is 0 Å². The first kappa shape index (κ1) is 13.6. The minimum Gasteiger partial charge on any atom is -0.342 e. The molecule has 19 heavy (non-hydrogen) atoms. The molecule has 4 nitrogen and oxygen atoms in total. The number of aryl methyl sites for hydroxylation is 1. The Morgan fingerprint density at radius 1 is 1.47 bits per heavy atom. The third-order valence-electron chi connectivity index (χ3n) is 2.96. The van der Waals surface area contributed by atoms with Crippen LogP contribution in [-0.4, -0.2) is 15.5 Å². The van der Waals surface area contributed by atoms with Crippen LogP contribution in [0.15, 0.2) is 36.7 Å². The number of carbonyl (C=O) groups is 1. The SMILES string of the molecule is CCC(=O)NC(c1ccccc1Cl)c1nccn1C. The van der Waals surface area contributed by atoms with Crippen LogP contribution >= 0.6 is 11.6 Å². The van der Waals surface area contributed by atoms with E-state index in [0.717, 1.165) is 11.4 Å². The van der Waals surface area contributed by atoms with Crippen molar-refractivity contribution < 1.29 is 4.79 Å². The maximum atomic E-state index is 11.7. The lowest BCUT2D eigenvalue weighted by Crippen LogP contribution is -2.30. The quantitative estimate of drug-likeness (QED) is 0.934. The number of rotatable bonds is 4. The van der Waals surface area contributed by atoms with Gasteiger partial charge in [0.2, 0.25) is 5.91 Å². The van der Waals surface area contributed by atoms with Crippen molar-refractivity contribution in [3.05, 3.63) is 53.1 Å². The molecule has 1 heterocycles. The number of nitrogens with one attached hydrogen (secondary N) is 1. The first-order valence-electron chi connectivity index (χ1n) is 6.14. The molecule has 1 N–H and O–H groups in total. The van der Waals surface area contributed by atoms with Gasteiger partial charge in [-0.15, -0.1) is 0 Å². The molecular formula is C14H16ClN3O. The highest BCUT2D eigenvalue weighted by Gasteiger charge is 2.21. The van der Waals surface area contributed by atoms with E-state index in [1.54, 1.807) is 6.20 Å². The lowest BCUT2D eigenvalue weighted by molar-refractivity contribution is -0.121. The Labute approximate surface area is 117 Å². The highest BCUT2D eigenvalue weighted by atomic mass is 35.5. The number of carbonyl (C=O) groups excluding carboxylic acids is 1. The van der Waals surface area contributed by atoms with Crippen LogP contribution in [0, 0.1) is 0 Å². The Morgan fingerprint density at radius 3 is 2.79 bits per heavy atom. The maximum Gasteiger partial charge on any atom is 0.220 e. The molecule has 0 spiro atoms. The first-order chi connectivity index (χ1) is 9.13. The second-order valence-electron chi connectivity index (χ2n) is 4.27. The predicted octanol–water partition coefficient (Wildman–Crippen LogP) is 2.69. The molecular weight excluding hydrogens is 262 g/mol. The van der Waals surface area contributed by atoms with Gasteiger partial charge in [0.15, 0.2) is 0 Å². The van der Waals surface area contributed by atoms with Crippen molar-refractivity contribution >= 4 is 17.5 Å². The van der Waals surface area contributed by atoms with Gasteiger partial charge in [0.25, 0.3) is 0 Å². The van der Waals surface area contributed by atoms with Crippen molar-refractivity contribution in [1.29, 1.82) is 0 Å². The van der Waals surface area contributed by atoms with Gasteiger partial charge in [0, 0.05) is 36.4 Å². The number of hydrogen-bond donors (Lipinski definition) is 1. The number of benzene rings is 1. The molecule has 1 amide bonds. The summed E-state index contributed by atoms with van der Waals surface area (Å²) in [6.07, 6.45) is 3.97. The van der Waals surface area contributed by atoms with E-state index in [-0.39, 0.29) is 11.9 Å². The van der Waals surface area contributed by atoms with E-state index in [1.807, 2.05) is 49.0 Å². The van der Waals surface area contributed by atoms with E-state index in [2.05, 4.69) is 10.3 Å². The van der Waals surface area contributed by atoms with E-state index >= 15 is 0 Å². The zero-order valence-electron chi connectivity index (χ0n) is 10.9. The Hall–Kier alpha value is -1.81. The molecule has 2 rings (SSSR count). The predicted molar refractivity (Wildman–Crippen MR) is 74.9 cm³/mol. The summed E-state index contributed by atoms with van der Waals surface area (Å²) in [5.41, 5.74) is 0.847. The van der Waals surface area contributed by atoms with Gasteiger partial charge in [0.1, 0.15) is 11.9 Å². The fraction of sp³-hybridized carbons (Fsp3) is 0.286. The monoisotopic (exact) mass is 277 g/mol. The third kappa shape index (κ3) is 2.96. The highest BCUT2D eigenvalue weighted by Crippen LogP contribution is 2.27. The Bertz CT molecular complexity index is 580. The van der Waals surface area contributed by atoms with Crippen LogP contribution < -0.4 is 5.32 Å². The zero-order chi connectivity index (χ0) is 13.8. The van der Waals surface area contributed by atoms with Gasteiger partial charge in [-0.25, -0.2) is 4.98 Å². The molecule has 0 bridgehead atoms. The molecule has 2 aromatic rings. The van der Waals surface area contributed by atoms with Gasteiger partial charge < -0.3 is 9.88 Å². The standard InChI is InChI=1S/C14H16ClN3O/c1-3-12(19)17-13(14-16-8-9-18(14)2)10-6-4-5-7-11(10)15/h4-9,13H,3H2,1-2H3,(H,17,19). The summed E-state index contributed by atoms with van der Waals surface area (Å²) in [6, 6.07) is 7.14. The topological polar surface area (TPSA) is 46.9 Å². The van der Waals surface area contributed by atoms with E-state index in [4.69, 9.17) is 11.6 Å². The molecule has 0 aliphatic carbocycles. The fourth-order valence-corrected chi connectivity index (χ4v) is 2.15. The van der Waals surface area contributed by atoms with E-state index in [0.29, 0.717) is 11.4 Å². The molecule has 0 radical (unpaired) electrons. The number of halogens is 1. The van der Waals surface area contributed by atoms with Crippen molar-refractivity contribution in [2.24, 2.45) is 7.05 Å². The van der Waals surface area contributed by atoms with Gasteiger partial charge in [0.05, 0.1) is 0 Å². The molecule has 0 aliphatic rings. The van der Waals surface area contributed by atoms with Crippen LogP contribution in [0.3, 0.4) is 0 Å². The number of aromatic nitrogens is 2. The minimum absolute atomic E-state index is 0.0343. The molecule has 0 fully saturated rings. The molecule has 0 aliphatic heterocycles. The lowest BCUT2D eigenvalue weighted by Gasteiger charge is -2.19. The zero-order valence-corrected chi connectivity index (χ0v) is 11.7. The van der Waals surface area contributed by atoms with Crippen LogP contribution in [0.4, 0.5) is 0 Å². The average molecular weight is 278 g/mol. The van der Waals surface area contributed by atoms with Crippen LogP contribution in [-0.2, 0) is 11.8 Å². The molecule has 0 saturated heterocycles. The van der Waals surface area contributed by atoms with Crippen molar-refractivity contribution in [1.82, 2.24) is 14.9 Å². The minimum atomic E-state index is -0.332. The van der Waals surface area contributed by atoms with E-state index in [9.17, 15) is 4.79 Å². The molecule has 1 atom stereocenters. The number of hydrogen-bond acceptors (Lipinski definition) is 2. The van der Waals surface area contributed by atoms with Gasteiger partial charge in [-0.3, -0.25) is 4.79 Å². The Kier molecular flexibility index (Phi) is 4.22. The first-order valence-corrected chi connectivity index (χ1v) is 6.52. The van der Waals surface area contributed by atoms with Gasteiger partial charge in [-0.05, 0) is 6.07 Å². The largest absolute Gasteiger partial charge is 0.342 e. The summed E-state index contributed by atoms with van der Waals surface area (Å²) in [5.74, 6) is 0.725. The highest BCUT2D eigenvalue weighted by molar-refractivity contribution is 6.31. The fourth-order valence-electron chi connectivity index (χ4n) is 1.91. The van der Waals surface area contributed by atoms with Gasteiger partial charge in [-0.1, -0.05) is 36.7 Å². The molecule has 1 aromatic heterocycles. The van der Waals surface area contributed by atoms with E-state index in [1.165, 1.54) is 0 Å². The summed E-state index contributed by atoms with van der Waals surface area (Å²) in [5, 5.41) is 3.58. The summed E-state index contributed by atoms with van der Waals surface area (Å²) < 4.78 is 1.88. The second-order valence-corrected chi connectivity index (χ2v) is 4.68. The second kappa shape index (κ2) is 5.89. The smallest absolute Gasteiger partial charge is 0.220 e. The summed E-state index contributed by atoms with van der Waals surface area (Å²) in [7, 11) is 1.89. The summed E-state index contributed by atoms with van der Waals surface area (Å²) >= 11 is 6.23. The number of imidazole rings is 1. The van der Waals surface area contributed by atoms with E-state index < -0.39 is 0 Å². The maximum absolute atomic E-state index is 11.7. The van der Waals surface area contributed by atoms with Crippen LogP contribution in [0.1, 0.15) is 30.8 Å². The van der Waals surface area contributed by atoms with Crippen molar-refractivity contribution in [2.45, 2.75) is 19.4 Å². The molecule has 1 aromatic carbocycles. The molecule has 1 unspecified atom stereocenters. The number of nitrogens with zero attached hydrogens (tertiary/aromatic N) is 2. The lowest BCUT2D eigenvalue weighted by atomic mass is 10.1. The molecule has 5 heteroatoms. The van der Waals surface area contributed by atoms with Gasteiger partial charge in [-0.2, -0.15) is 0 Å². The summed E-state index contributed by atoms with van der Waals surface area (Å²) in [6.45, 7) is 1.82. The Balaban J connectivity index is 2.43. The van der Waals surface area contributed by atoms with Crippen LogP contribution in [0.2, 0.25) is 5.02 Å². The Morgan fingerprint density at radius 2 is 2.21 bits per heavy atom.